The molecule has 0 aliphatic carbocycles. The molecule has 5 heteroatoms. The second-order valence-corrected chi connectivity index (χ2v) is 4.55. The molecule has 0 saturated carbocycles. The van der Waals surface area contributed by atoms with Crippen molar-refractivity contribution in [1.82, 2.24) is 4.90 Å². The van der Waals surface area contributed by atoms with Crippen LogP contribution in [0.25, 0.3) is 0 Å². The maximum absolute atomic E-state index is 11.7. The van der Waals surface area contributed by atoms with Crippen LogP contribution in [0.1, 0.15) is 19.4 Å². The summed E-state index contributed by atoms with van der Waals surface area (Å²) in [7, 11) is 1.72. The summed E-state index contributed by atoms with van der Waals surface area (Å²) >= 11 is 5.86. The van der Waals surface area contributed by atoms with Gasteiger partial charge in [0.15, 0.2) is 6.61 Å². The molecule has 96 valence electrons. The lowest BCUT2D eigenvalue weighted by atomic mass is 10.2. The Kier molecular flexibility index (Phi) is 4.99. The van der Waals surface area contributed by atoms with E-state index in [2.05, 4.69) is 0 Å². The summed E-state index contributed by atoms with van der Waals surface area (Å²) in [6.45, 7) is 3.81. The SMILES string of the molecule is CC(C)N(C)C(=O)COc1ccc(C#N)c(Cl)c1. The fourth-order valence-corrected chi connectivity index (χ4v) is 1.42. The van der Waals surface area contributed by atoms with E-state index in [0.717, 1.165) is 0 Å². The number of amides is 1. The van der Waals surface area contributed by atoms with E-state index >= 15 is 0 Å². The minimum absolute atomic E-state index is 0.0447. The van der Waals surface area contributed by atoms with Crippen molar-refractivity contribution in [1.29, 1.82) is 5.26 Å². The zero-order valence-electron chi connectivity index (χ0n) is 10.6. The minimum Gasteiger partial charge on any atom is -0.484 e. The first-order valence-corrected chi connectivity index (χ1v) is 5.91. The molecule has 1 rings (SSSR count). The van der Waals surface area contributed by atoms with Crippen molar-refractivity contribution >= 4 is 17.5 Å². The van der Waals surface area contributed by atoms with Crippen LogP contribution in [0.3, 0.4) is 0 Å². The molecule has 0 bridgehead atoms. The number of ether oxygens (including phenoxy) is 1. The molecule has 1 aromatic rings. The molecule has 18 heavy (non-hydrogen) atoms. The van der Waals surface area contributed by atoms with E-state index in [1.54, 1.807) is 24.1 Å². The molecule has 0 radical (unpaired) electrons. The summed E-state index contributed by atoms with van der Waals surface area (Å²) < 4.78 is 5.33. The standard InChI is InChI=1S/C13H15ClN2O2/c1-9(2)16(3)13(17)8-18-11-5-4-10(7-15)12(14)6-11/h4-6,9H,8H2,1-3H3. The molecular formula is C13H15ClN2O2. The number of hydrogen-bond acceptors (Lipinski definition) is 3. The largest absolute Gasteiger partial charge is 0.484 e. The van der Waals surface area contributed by atoms with E-state index in [1.807, 2.05) is 19.9 Å². The van der Waals surface area contributed by atoms with Gasteiger partial charge in [-0.15, -0.1) is 0 Å². The summed E-state index contributed by atoms with van der Waals surface area (Å²) in [4.78, 5) is 13.3. The maximum Gasteiger partial charge on any atom is 0.260 e. The molecule has 0 aliphatic heterocycles. The van der Waals surface area contributed by atoms with Gasteiger partial charge in [0.25, 0.3) is 5.91 Å². The van der Waals surface area contributed by atoms with Crippen molar-refractivity contribution in [3.63, 3.8) is 0 Å². The summed E-state index contributed by atoms with van der Waals surface area (Å²) in [6, 6.07) is 6.80. The number of nitriles is 1. The van der Waals surface area contributed by atoms with E-state index in [1.165, 1.54) is 6.07 Å². The number of rotatable bonds is 4. The first kappa shape index (κ1) is 14.3. The highest BCUT2D eigenvalue weighted by Crippen LogP contribution is 2.21. The minimum atomic E-state index is -0.106. The maximum atomic E-state index is 11.7. The molecule has 0 aliphatic rings. The van der Waals surface area contributed by atoms with Gasteiger partial charge in [0.05, 0.1) is 10.6 Å². The van der Waals surface area contributed by atoms with E-state index in [9.17, 15) is 4.79 Å². The Bertz CT molecular complexity index is 480. The van der Waals surface area contributed by atoms with Crippen molar-refractivity contribution in [2.24, 2.45) is 0 Å². The second-order valence-electron chi connectivity index (χ2n) is 4.14. The van der Waals surface area contributed by atoms with Gasteiger partial charge in [-0.2, -0.15) is 5.26 Å². The predicted octanol–water partition coefficient (Wildman–Crippen LogP) is 2.46. The lowest BCUT2D eigenvalue weighted by Gasteiger charge is -2.21. The Morgan fingerprint density at radius 2 is 2.22 bits per heavy atom. The zero-order chi connectivity index (χ0) is 13.7. The van der Waals surface area contributed by atoms with Crippen LogP contribution in [0.15, 0.2) is 18.2 Å². The van der Waals surface area contributed by atoms with Crippen molar-refractivity contribution in [2.75, 3.05) is 13.7 Å². The van der Waals surface area contributed by atoms with Gasteiger partial charge in [-0.3, -0.25) is 4.79 Å². The highest BCUT2D eigenvalue weighted by molar-refractivity contribution is 6.31. The van der Waals surface area contributed by atoms with Crippen LogP contribution in [0.4, 0.5) is 0 Å². The highest BCUT2D eigenvalue weighted by Gasteiger charge is 2.12. The lowest BCUT2D eigenvalue weighted by molar-refractivity contribution is -0.133. The number of likely N-dealkylation sites (N-methyl/N-ethyl adjacent to an activating group) is 1. The average Bonchev–Trinajstić information content (AvgIpc) is 2.35. The van der Waals surface area contributed by atoms with E-state index in [0.29, 0.717) is 16.3 Å². The molecule has 0 fully saturated rings. The Morgan fingerprint density at radius 1 is 1.56 bits per heavy atom. The number of halogens is 1. The van der Waals surface area contributed by atoms with E-state index in [4.69, 9.17) is 21.6 Å². The molecule has 0 saturated heterocycles. The van der Waals surface area contributed by atoms with Crippen molar-refractivity contribution in [3.8, 4) is 11.8 Å². The molecule has 0 aromatic heterocycles. The fraction of sp³-hybridized carbons (Fsp3) is 0.385. The third-order valence-electron chi connectivity index (χ3n) is 2.59. The van der Waals surface area contributed by atoms with Crippen LogP contribution in [-0.2, 0) is 4.79 Å². The van der Waals surface area contributed by atoms with Gasteiger partial charge in [-0.1, -0.05) is 11.6 Å². The van der Waals surface area contributed by atoms with Gasteiger partial charge in [0, 0.05) is 19.2 Å². The number of carbonyl (C=O) groups excluding carboxylic acids is 1. The lowest BCUT2D eigenvalue weighted by Crippen LogP contribution is -2.36. The van der Waals surface area contributed by atoms with Gasteiger partial charge in [0.2, 0.25) is 0 Å². The normalized spacial score (nSPS) is 10.0. The van der Waals surface area contributed by atoms with Gasteiger partial charge in [-0.25, -0.2) is 0 Å². The van der Waals surface area contributed by atoms with Gasteiger partial charge < -0.3 is 9.64 Å². The first-order valence-electron chi connectivity index (χ1n) is 5.53. The number of carbonyl (C=O) groups is 1. The monoisotopic (exact) mass is 266 g/mol. The Hall–Kier alpha value is -1.73. The predicted molar refractivity (Wildman–Crippen MR) is 69.6 cm³/mol. The average molecular weight is 267 g/mol. The van der Waals surface area contributed by atoms with Crippen molar-refractivity contribution < 1.29 is 9.53 Å². The molecule has 0 unspecified atom stereocenters. The highest BCUT2D eigenvalue weighted by atomic mass is 35.5. The topological polar surface area (TPSA) is 53.3 Å². The summed E-state index contributed by atoms with van der Waals surface area (Å²) in [6.07, 6.45) is 0. The molecule has 0 N–H and O–H groups in total. The molecule has 0 atom stereocenters. The Morgan fingerprint density at radius 3 is 2.72 bits per heavy atom. The van der Waals surface area contributed by atoms with Crippen LogP contribution in [0, 0.1) is 11.3 Å². The quantitative estimate of drug-likeness (QED) is 0.841. The van der Waals surface area contributed by atoms with Crippen LogP contribution in [-0.4, -0.2) is 30.5 Å². The second kappa shape index (κ2) is 6.27. The molecule has 0 heterocycles. The number of nitrogens with zero attached hydrogens (tertiary/aromatic N) is 2. The molecular weight excluding hydrogens is 252 g/mol. The third-order valence-corrected chi connectivity index (χ3v) is 2.90. The molecule has 4 nitrogen and oxygen atoms in total. The summed E-state index contributed by atoms with van der Waals surface area (Å²) in [5.74, 6) is 0.370. The van der Waals surface area contributed by atoms with Crippen molar-refractivity contribution in [3.05, 3.63) is 28.8 Å². The molecule has 1 aromatic carbocycles. The third kappa shape index (κ3) is 3.64. The van der Waals surface area contributed by atoms with Crippen LogP contribution in [0.2, 0.25) is 5.02 Å². The summed E-state index contributed by atoms with van der Waals surface area (Å²) in [5.41, 5.74) is 0.384. The number of benzene rings is 1. The zero-order valence-corrected chi connectivity index (χ0v) is 11.4. The smallest absolute Gasteiger partial charge is 0.260 e. The van der Waals surface area contributed by atoms with E-state index in [-0.39, 0.29) is 18.6 Å². The first-order chi connectivity index (χ1) is 8.45. The van der Waals surface area contributed by atoms with Crippen LogP contribution in [0.5, 0.6) is 5.75 Å². The van der Waals surface area contributed by atoms with Gasteiger partial charge >= 0.3 is 0 Å². The molecule has 0 spiro atoms. The fourth-order valence-electron chi connectivity index (χ4n) is 1.21. The molecule has 1 amide bonds. The van der Waals surface area contributed by atoms with Crippen LogP contribution < -0.4 is 4.74 Å². The van der Waals surface area contributed by atoms with Crippen molar-refractivity contribution in [2.45, 2.75) is 19.9 Å². The number of hydrogen-bond donors (Lipinski definition) is 0. The Balaban J connectivity index is 2.62. The van der Waals surface area contributed by atoms with Gasteiger partial charge in [-0.05, 0) is 26.0 Å². The van der Waals surface area contributed by atoms with Crippen LogP contribution >= 0.6 is 11.6 Å². The van der Waals surface area contributed by atoms with Gasteiger partial charge in [0.1, 0.15) is 11.8 Å². The Labute approximate surface area is 112 Å². The van der Waals surface area contributed by atoms with E-state index < -0.39 is 0 Å². The summed E-state index contributed by atoms with van der Waals surface area (Å²) in [5, 5.41) is 9.04.